The molecule has 0 unspecified atom stereocenters. The van der Waals surface area contributed by atoms with Gasteiger partial charge in [-0.05, 0) is 53.2 Å². The van der Waals surface area contributed by atoms with Gasteiger partial charge in [-0.3, -0.25) is 14.9 Å². The Morgan fingerprint density at radius 3 is 2.68 bits per heavy atom. The molecule has 0 bridgehead atoms. The van der Waals surface area contributed by atoms with Crippen LogP contribution in [0.4, 0.5) is 9.18 Å². The lowest BCUT2D eigenvalue weighted by atomic mass is 10.2. The Morgan fingerprint density at radius 1 is 1.16 bits per heavy atom. The summed E-state index contributed by atoms with van der Waals surface area (Å²) in [6.45, 7) is 0.196. The van der Waals surface area contributed by atoms with Gasteiger partial charge in [-0.15, -0.1) is 0 Å². The monoisotopic (exact) mass is 359 g/mol. The van der Waals surface area contributed by atoms with Gasteiger partial charge in [-0.2, -0.15) is 0 Å². The summed E-state index contributed by atoms with van der Waals surface area (Å²) in [5, 5.41) is 1.81. The molecule has 0 aliphatic carbocycles. The molecule has 2 aromatic rings. The molecule has 1 saturated heterocycles. The first-order chi connectivity index (χ1) is 12.0. The number of ether oxygens (including phenoxy) is 2. The Bertz CT molecular complexity index is 866. The summed E-state index contributed by atoms with van der Waals surface area (Å²) >= 11 is 0.849. The number of benzene rings is 2. The molecule has 0 saturated carbocycles. The van der Waals surface area contributed by atoms with Gasteiger partial charge in [-0.1, -0.05) is 18.2 Å². The Hall–Kier alpha value is -2.80. The van der Waals surface area contributed by atoms with Crippen molar-refractivity contribution < 1.29 is 23.5 Å². The third-order valence-corrected chi connectivity index (χ3v) is 4.22. The molecule has 1 N–H and O–H groups in total. The number of imide groups is 1. The molecule has 0 spiro atoms. The van der Waals surface area contributed by atoms with Crippen molar-refractivity contribution in [3.63, 3.8) is 0 Å². The summed E-state index contributed by atoms with van der Waals surface area (Å²) in [5.41, 5.74) is 1.40. The summed E-state index contributed by atoms with van der Waals surface area (Å²) in [4.78, 5) is 23.1. The van der Waals surface area contributed by atoms with Crippen LogP contribution in [0.25, 0.3) is 6.08 Å². The fourth-order valence-electron chi connectivity index (χ4n) is 2.25. The van der Waals surface area contributed by atoms with Crippen LogP contribution in [0, 0.1) is 5.82 Å². The molecule has 1 fully saturated rings. The molecular weight excluding hydrogens is 345 g/mol. The van der Waals surface area contributed by atoms with Gasteiger partial charge in [-0.25, -0.2) is 4.39 Å². The summed E-state index contributed by atoms with van der Waals surface area (Å²) in [5.74, 6) is 0.228. The number of nitrogens with one attached hydrogen (secondary N) is 1. The van der Waals surface area contributed by atoms with Gasteiger partial charge in [0.05, 0.1) is 12.0 Å². The predicted molar refractivity (Wildman–Crippen MR) is 92.8 cm³/mol. The van der Waals surface area contributed by atoms with Crippen molar-refractivity contribution in [3.8, 4) is 11.5 Å². The smallest absolute Gasteiger partial charge is 0.290 e. The van der Waals surface area contributed by atoms with Gasteiger partial charge >= 0.3 is 0 Å². The van der Waals surface area contributed by atoms with E-state index in [0.717, 1.165) is 11.8 Å². The molecule has 2 aromatic carbocycles. The fraction of sp³-hybridized carbons (Fsp3) is 0.111. The van der Waals surface area contributed by atoms with Crippen molar-refractivity contribution in [3.05, 3.63) is 64.3 Å². The van der Waals surface area contributed by atoms with E-state index in [-0.39, 0.29) is 12.4 Å². The van der Waals surface area contributed by atoms with E-state index in [2.05, 4.69) is 5.32 Å². The molecule has 128 valence electrons. The summed E-state index contributed by atoms with van der Waals surface area (Å²) in [6, 6.07) is 11.3. The predicted octanol–water partition coefficient (Wildman–Crippen LogP) is 3.74. The quantitative estimate of drug-likeness (QED) is 0.824. The van der Waals surface area contributed by atoms with E-state index >= 15 is 0 Å². The maximum absolute atomic E-state index is 13.2. The maximum atomic E-state index is 13.2. The first-order valence-electron chi connectivity index (χ1n) is 7.35. The molecular formula is C18H14FNO4S. The maximum Gasteiger partial charge on any atom is 0.290 e. The van der Waals surface area contributed by atoms with Crippen LogP contribution < -0.4 is 14.8 Å². The van der Waals surface area contributed by atoms with E-state index in [0.29, 0.717) is 27.5 Å². The Kier molecular flexibility index (Phi) is 5.04. The van der Waals surface area contributed by atoms with Crippen molar-refractivity contribution in [2.75, 3.05) is 7.11 Å². The van der Waals surface area contributed by atoms with Crippen LogP contribution in [-0.2, 0) is 11.4 Å². The third-order valence-electron chi connectivity index (χ3n) is 3.41. The van der Waals surface area contributed by atoms with E-state index in [1.165, 1.54) is 19.2 Å². The fourth-order valence-corrected chi connectivity index (χ4v) is 2.94. The standard InChI is InChI=1S/C18H14FNO4S/c1-23-15-8-11(9-16-17(21)20-18(22)25-16)5-6-14(15)24-10-12-3-2-4-13(19)7-12/h2-9H,10H2,1H3,(H,20,21,22)/b16-9+. The number of hydrogen-bond acceptors (Lipinski definition) is 5. The van der Waals surface area contributed by atoms with Crippen LogP contribution in [0.15, 0.2) is 47.4 Å². The zero-order valence-corrected chi connectivity index (χ0v) is 14.1. The number of carbonyl (C=O) groups is 2. The van der Waals surface area contributed by atoms with Crippen LogP contribution >= 0.6 is 11.8 Å². The highest BCUT2D eigenvalue weighted by Crippen LogP contribution is 2.32. The van der Waals surface area contributed by atoms with E-state index in [1.54, 1.807) is 36.4 Å². The van der Waals surface area contributed by atoms with Crippen LogP contribution in [0.5, 0.6) is 11.5 Å². The number of thioether (sulfide) groups is 1. The highest BCUT2D eigenvalue weighted by atomic mass is 32.2. The first kappa shape index (κ1) is 17.0. The molecule has 5 nitrogen and oxygen atoms in total. The van der Waals surface area contributed by atoms with E-state index < -0.39 is 11.1 Å². The Balaban J connectivity index is 1.77. The largest absolute Gasteiger partial charge is 0.493 e. The number of hydrogen-bond donors (Lipinski definition) is 1. The van der Waals surface area contributed by atoms with Gasteiger partial charge in [0.15, 0.2) is 11.5 Å². The summed E-state index contributed by atoms with van der Waals surface area (Å²) < 4.78 is 24.2. The second-order valence-electron chi connectivity index (χ2n) is 5.18. The van der Waals surface area contributed by atoms with Crippen LogP contribution in [0.2, 0.25) is 0 Å². The summed E-state index contributed by atoms with van der Waals surface area (Å²) in [7, 11) is 1.50. The molecule has 25 heavy (non-hydrogen) atoms. The third kappa shape index (κ3) is 4.19. The first-order valence-corrected chi connectivity index (χ1v) is 8.17. The van der Waals surface area contributed by atoms with Crippen LogP contribution in [0.1, 0.15) is 11.1 Å². The van der Waals surface area contributed by atoms with Gasteiger partial charge in [0.1, 0.15) is 12.4 Å². The van der Waals surface area contributed by atoms with Gasteiger partial charge in [0.25, 0.3) is 11.1 Å². The van der Waals surface area contributed by atoms with Crippen molar-refractivity contribution >= 4 is 29.0 Å². The molecule has 0 atom stereocenters. The minimum Gasteiger partial charge on any atom is -0.493 e. The van der Waals surface area contributed by atoms with Gasteiger partial charge in [0, 0.05) is 0 Å². The Morgan fingerprint density at radius 2 is 2.00 bits per heavy atom. The van der Waals surface area contributed by atoms with Crippen LogP contribution in [-0.4, -0.2) is 18.3 Å². The lowest BCUT2D eigenvalue weighted by Gasteiger charge is -2.11. The number of methoxy groups -OCH3 is 1. The highest BCUT2D eigenvalue weighted by molar-refractivity contribution is 8.18. The average Bonchev–Trinajstić information content (AvgIpc) is 2.91. The zero-order chi connectivity index (χ0) is 17.8. The van der Waals surface area contributed by atoms with Crippen LogP contribution in [0.3, 0.4) is 0 Å². The lowest BCUT2D eigenvalue weighted by molar-refractivity contribution is -0.115. The van der Waals surface area contributed by atoms with Crippen molar-refractivity contribution in [1.82, 2.24) is 5.32 Å². The molecule has 1 aliphatic rings. The minimum atomic E-state index is -0.416. The SMILES string of the molecule is COc1cc(/C=C2/SC(=O)NC2=O)ccc1OCc1cccc(F)c1. The summed E-state index contributed by atoms with van der Waals surface area (Å²) in [6.07, 6.45) is 1.60. The second kappa shape index (κ2) is 7.40. The number of rotatable bonds is 5. The van der Waals surface area contributed by atoms with Gasteiger partial charge < -0.3 is 9.47 Å². The molecule has 7 heteroatoms. The molecule has 1 aliphatic heterocycles. The lowest BCUT2D eigenvalue weighted by Crippen LogP contribution is -2.17. The van der Waals surface area contributed by atoms with Gasteiger partial charge in [0.2, 0.25) is 0 Å². The second-order valence-corrected chi connectivity index (χ2v) is 6.20. The highest BCUT2D eigenvalue weighted by Gasteiger charge is 2.25. The topological polar surface area (TPSA) is 64.6 Å². The average molecular weight is 359 g/mol. The van der Waals surface area contributed by atoms with E-state index in [4.69, 9.17) is 9.47 Å². The Labute approximate surface area is 147 Å². The molecule has 3 rings (SSSR count). The normalized spacial score (nSPS) is 15.4. The van der Waals surface area contributed by atoms with E-state index in [9.17, 15) is 14.0 Å². The number of halogens is 1. The molecule has 0 aromatic heterocycles. The van der Waals surface area contributed by atoms with Crippen molar-refractivity contribution in [2.45, 2.75) is 6.61 Å². The minimum absolute atomic E-state index is 0.196. The zero-order valence-electron chi connectivity index (χ0n) is 13.2. The number of amides is 2. The van der Waals surface area contributed by atoms with Crippen molar-refractivity contribution in [2.24, 2.45) is 0 Å². The van der Waals surface area contributed by atoms with E-state index in [1.807, 2.05) is 0 Å². The van der Waals surface area contributed by atoms with Crippen molar-refractivity contribution in [1.29, 1.82) is 0 Å². The molecule has 0 radical (unpaired) electrons. The number of carbonyl (C=O) groups excluding carboxylic acids is 2. The molecule has 1 heterocycles. The molecule has 2 amide bonds.